The summed E-state index contributed by atoms with van der Waals surface area (Å²) in [7, 11) is 0. The molecule has 0 N–H and O–H groups in total. The van der Waals surface area contributed by atoms with Crippen molar-refractivity contribution in [2.45, 2.75) is 6.18 Å². The number of aromatic nitrogens is 8. The third-order valence-corrected chi connectivity index (χ3v) is 14.7. The summed E-state index contributed by atoms with van der Waals surface area (Å²) in [6.45, 7) is 0. The topological polar surface area (TPSA) is 135 Å². The first-order chi connectivity index (χ1) is 40.2. The molecule has 0 aliphatic rings. The van der Waals surface area contributed by atoms with E-state index >= 15 is 13.2 Å². The fourth-order valence-electron chi connectivity index (χ4n) is 10.9. The van der Waals surface area contributed by atoms with Gasteiger partial charge in [0.25, 0.3) is 0 Å². The minimum absolute atomic E-state index is 0.149. The van der Waals surface area contributed by atoms with Crippen LogP contribution in [0, 0.1) is 22.7 Å². The molecule has 0 aliphatic carbocycles. The van der Waals surface area contributed by atoms with E-state index in [4.69, 9.17) is 29.9 Å². The standard InChI is InChI=1S/C69H39F3N10/c70-69(71,72)56-35-42(40-73)29-32-50(56)55-39-59(81-57-27-15-13-25-51(57)53-33-30-47(36-60(53)81)67-77-63(43-17-5-1-6-18-43)75-64(78-67)44-19-7-2-8-20-44)49(41-74)38-62(55)82-58-28-16-14-26-52(58)54-34-31-48(37-61(54)82)68-79-65(45-21-9-3-10-22-45)76-66(80-68)46-23-11-4-12-24-46/h1-39H. The zero-order valence-corrected chi connectivity index (χ0v) is 43.1. The normalized spacial score (nSPS) is 11.6. The predicted molar refractivity (Wildman–Crippen MR) is 314 cm³/mol. The van der Waals surface area contributed by atoms with Gasteiger partial charge < -0.3 is 9.13 Å². The summed E-state index contributed by atoms with van der Waals surface area (Å²) >= 11 is 0. The molecule has 10 nitrogen and oxygen atoms in total. The first kappa shape index (κ1) is 48.9. The highest BCUT2D eigenvalue weighted by Crippen LogP contribution is 2.46. The number of hydrogen-bond acceptors (Lipinski definition) is 8. The largest absolute Gasteiger partial charge is 0.417 e. The Morgan fingerprint density at radius 1 is 0.317 bits per heavy atom. The van der Waals surface area contributed by atoms with Crippen LogP contribution in [-0.2, 0) is 6.18 Å². The van der Waals surface area contributed by atoms with Crippen molar-refractivity contribution in [1.82, 2.24) is 39.0 Å². The van der Waals surface area contributed by atoms with E-state index in [1.807, 2.05) is 221 Å². The smallest absolute Gasteiger partial charge is 0.309 e. The summed E-state index contributed by atoms with van der Waals surface area (Å²) in [6, 6.07) is 77.0. The number of fused-ring (bicyclic) bond motifs is 6. The van der Waals surface area contributed by atoms with Crippen molar-refractivity contribution in [1.29, 1.82) is 10.5 Å². The molecule has 4 heterocycles. The third-order valence-electron chi connectivity index (χ3n) is 14.7. The number of para-hydroxylation sites is 2. The molecule has 0 radical (unpaired) electrons. The molecule has 13 heteroatoms. The lowest BCUT2D eigenvalue weighted by molar-refractivity contribution is -0.137. The van der Waals surface area contributed by atoms with Crippen molar-refractivity contribution >= 4 is 43.6 Å². The quantitative estimate of drug-likeness (QED) is 0.139. The van der Waals surface area contributed by atoms with Crippen molar-refractivity contribution in [3.8, 4) is 103 Å². The van der Waals surface area contributed by atoms with E-state index in [2.05, 4.69) is 6.07 Å². The zero-order valence-electron chi connectivity index (χ0n) is 43.1. The van der Waals surface area contributed by atoms with E-state index < -0.39 is 11.7 Å². The Morgan fingerprint density at radius 3 is 1.10 bits per heavy atom. The average molecular weight is 1070 g/mol. The Morgan fingerprint density at radius 2 is 0.695 bits per heavy atom. The zero-order chi connectivity index (χ0) is 55.5. The van der Waals surface area contributed by atoms with Gasteiger partial charge in [-0.3, -0.25) is 0 Å². The number of nitriles is 2. The lowest BCUT2D eigenvalue weighted by Crippen LogP contribution is -2.10. The maximum Gasteiger partial charge on any atom is 0.417 e. The van der Waals surface area contributed by atoms with Crippen LogP contribution in [0.1, 0.15) is 16.7 Å². The van der Waals surface area contributed by atoms with Gasteiger partial charge in [0, 0.05) is 60.5 Å². The molecule has 386 valence electrons. The molecule has 0 atom stereocenters. The van der Waals surface area contributed by atoms with Crippen LogP contribution in [0.25, 0.3) is 134 Å². The summed E-state index contributed by atoms with van der Waals surface area (Å²) in [5.74, 6) is 2.63. The fourth-order valence-corrected chi connectivity index (χ4v) is 10.9. The van der Waals surface area contributed by atoms with Gasteiger partial charge in [0.15, 0.2) is 34.9 Å². The van der Waals surface area contributed by atoms with Crippen molar-refractivity contribution < 1.29 is 13.2 Å². The molecule has 0 unspecified atom stereocenters. The third kappa shape index (κ3) is 8.54. The Balaban J connectivity index is 1.04. The molecular formula is C69H39F3N10. The van der Waals surface area contributed by atoms with Gasteiger partial charge in [-0.05, 0) is 54.1 Å². The molecule has 0 bridgehead atoms. The van der Waals surface area contributed by atoms with E-state index in [0.717, 1.165) is 49.9 Å². The van der Waals surface area contributed by atoms with Crippen LogP contribution < -0.4 is 0 Å². The van der Waals surface area contributed by atoms with E-state index in [0.29, 0.717) is 73.8 Å². The SMILES string of the molecule is N#Cc1ccc(-c2cc(-n3c4ccccc4c4ccc(-c5nc(-c6ccccc6)nc(-c6ccccc6)n5)cc43)c(C#N)cc2-n2c3ccccc3c3ccc(-c4nc(-c5ccccc5)nc(-c5ccccc5)n4)cc32)c(C(F)(F)F)c1. The van der Waals surface area contributed by atoms with Gasteiger partial charge in [-0.1, -0.05) is 188 Å². The second-order valence-corrected chi connectivity index (χ2v) is 19.6. The van der Waals surface area contributed by atoms with Crippen molar-refractivity contribution in [3.63, 3.8) is 0 Å². The molecule has 0 amide bonds. The first-order valence-electron chi connectivity index (χ1n) is 26.2. The van der Waals surface area contributed by atoms with Gasteiger partial charge in [0.05, 0.1) is 56.2 Å². The second kappa shape index (κ2) is 19.8. The van der Waals surface area contributed by atoms with Crippen LogP contribution in [0.5, 0.6) is 0 Å². The molecule has 14 aromatic rings. The lowest BCUT2D eigenvalue weighted by Gasteiger charge is -2.21. The molecule has 4 aromatic heterocycles. The van der Waals surface area contributed by atoms with E-state index in [9.17, 15) is 10.5 Å². The Hall–Kier alpha value is -11.4. The minimum atomic E-state index is -4.91. The van der Waals surface area contributed by atoms with E-state index in [-0.39, 0.29) is 27.9 Å². The number of alkyl halides is 3. The highest BCUT2D eigenvalue weighted by Gasteiger charge is 2.36. The number of rotatable bonds is 9. The van der Waals surface area contributed by atoms with Crippen LogP contribution in [-0.4, -0.2) is 39.0 Å². The molecule has 14 rings (SSSR count). The van der Waals surface area contributed by atoms with E-state index in [1.165, 1.54) is 12.1 Å². The van der Waals surface area contributed by atoms with Gasteiger partial charge in [-0.25, -0.2) is 29.9 Å². The lowest BCUT2D eigenvalue weighted by atomic mass is 9.93. The highest BCUT2D eigenvalue weighted by atomic mass is 19.4. The van der Waals surface area contributed by atoms with Gasteiger partial charge >= 0.3 is 6.18 Å². The van der Waals surface area contributed by atoms with Crippen LogP contribution in [0.4, 0.5) is 13.2 Å². The second-order valence-electron chi connectivity index (χ2n) is 19.6. The minimum Gasteiger partial charge on any atom is -0.309 e. The van der Waals surface area contributed by atoms with Gasteiger partial charge in [-0.15, -0.1) is 0 Å². The van der Waals surface area contributed by atoms with Crippen LogP contribution in [0.2, 0.25) is 0 Å². The van der Waals surface area contributed by atoms with Crippen molar-refractivity contribution in [2.75, 3.05) is 0 Å². The van der Waals surface area contributed by atoms with Gasteiger partial charge in [-0.2, -0.15) is 23.7 Å². The molecule has 0 fully saturated rings. The Labute approximate surface area is 466 Å². The summed E-state index contributed by atoms with van der Waals surface area (Å²) in [4.78, 5) is 29.9. The fraction of sp³-hybridized carbons (Fsp3) is 0.0145. The van der Waals surface area contributed by atoms with Gasteiger partial charge in [0.2, 0.25) is 0 Å². The summed E-state index contributed by atoms with van der Waals surface area (Å²) in [5.41, 5.74) is 6.63. The number of benzene rings is 10. The summed E-state index contributed by atoms with van der Waals surface area (Å²) in [5, 5.41) is 24.8. The summed E-state index contributed by atoms with van der Waals surface area (Å²) in [6.07, 6.45) is -4.91. The van der Waals surface area contributed by atoms with Gasteiger partial charge in [0.1, 0.15) is 6.07 Å². The monoisotopic (exact) mass is 1060 g/mol. The average Bonchev–Trinajstić information content (AvgIpc) is 3.25. The van der Waals surface area contributed by atoms with Crippen molar-refractivity contribution in [2.24, 2.45) is 0 Å². The highest BCUT2D eigenvalue weighted by molar-refractivity contribution is 6.12. The molecule has 82 heavy (non-hydrogen) atoms. The summed E-state index contributed by atoms with van der Waals surface area (Å²) < 4.78 is 51.2. The Bertz CT molecular complexity index is 4810. The maximum absolute atomic E-state index is 15.8. The molecule has 0 saturated carbocycles. The number of hydrogen-bond donors (Lipinski definition) is 0. The van der Waals surface area contributed by atoms with Crippen LogP contribution in [0.3, 0.4) is 0 Å². The molecule has 0 aliphatic heterocycles. The molecule has 0 spiro atoms. The first-order valence-corrected chi connectivity index (χ1v) is 26.2. The predicted octanol–water partition coefficient (Wildman–Crippen LogP) is 16.7. The number of halogens is 3. The van der Waals surface area contributed by atoms with Crippen molar-refractivity contribution in [3.05, 3.63) is 253 Å². The molecule has 0 saturated heterocycles. The maximum atomic E-state index is 15.8. The van der Waals surface area contributed by atoms with Crippen LogP contribution in [0.15, 0.2) is 237 Å². The van der Waals surface area contributed by atoms with Crippen LogP contribution >= 0.6 is 0 Å². The molecular weight excluding hydrogens is 1030 g/mol. The van der Waals surface area contributed by atoms with E-state index in [1.54, 1.807) is 12.1 Å². The number of nitrogens with zero attached hydrogens (tertiary/aromatic N) is 10. The molecule has 10 aromatic carbocycles. The Kier molecular flexibility index (Phi) is 11.8.